The lowest BCUT2D eigenvalue weighted by molar-refractivity contribution is -0.149. The summed E-state index contributed by atoms with van der Waals surface area (Å²) in [6, 6.07) is 10.4. The lowest BCUT2D eigenvalue weighted by Gasteiger charge is -2.60. The highest BCUT2D eigenvalue weighted by atomic mass is 35.5. The predicted octanol–water partition coefficient (Wildman–Crippen LogP) is 4.85. The van der Waals surface area contributed by atoms with Crippen molar-refractivity contribution in [3.63, 3.8) is 0 Å². The van der Waals surface area contributed by atoms with Gasteiger partial charge in [-0.15, -0.1) is 12.6 Å². The Morgan fingerprint density at radius 2 is 1.88 bits per heavy atom. The molecule has 3 aliphatic rings. The quantitative estimate of drug-likeness (QED) is 0.433. The van der Waals surface area contributed by atoms with Gasteiger partial charge in [0, 0.05) is 42.7 Å². The standard InChI is InChI=1S/C25H21ClFN3O2S/c1-2-20(32)29-10-25(11-29)12-30(13-25)24(33)18-9-19(26)21(22(27)23(18)28)17-8-15(31)7-14-5-3-4-6-16(14)17/h2-9,28,31,33H,1,10-13H2/b24-18-,28-23?. The number of hydrogen-bond donors (Lipinski definition) is 3. The Bertz CT molecular complexity index is 1330. The zero-order chi connectivity index (χ0) is 23.5. The van der Waals surface area contributed by atoms with Gasteiger partial charge in [-0.1, -0.05) is 42.4 Å². The van der Waals surface area contributed by atoms with Crippen LogP contribution in [-0.4, -0.2) is 52.7 Å². The summed E-state index contributed by atoms with van der Waals surface area (Å²) in [5.41, 5.74) is 0.527. The number of likely N-dealkylation sites (tertiary alicyclic amines) is 2. The molecular weight excluding hydrogens is 461 g/mol. The minimum atomic E-state index is -0.763. The van der Waals surface area contributed by atoms with Crippen LogP contribution >= 0.6 is 24.2 Å². The molecule has 2 aromatic carbocycles. The number of halogens is 2. The van der Waals surface area contributed by atoms with Crippen LogP contribution in [0, 0.1) is 10.8 Å². The number of carbonyl (C=O) groups is 1. The fourth-order valence-corrected chi connectivity index (χ4v) is 5.49. The Balaban J connectivity index is 1.44. The Kier molecular flexibility index (Phi) is 5.14. The highest BCUT2D eigenvalue weighted by molar-refractivity contribution is 7.84. The van der Waals surface area contributed by atoms with Crippen LogP contribution in [0.3, 0.4) is 0 Å². The average Bonchev–Trinajstić information content (AvgIpc) is 2.73. The molecule has 1 amide bonds. The molecule has 33 heavy (non-hydrogen) atoms. The van der Waals surface area contributed by atoms with Crippen LogP contribution in [0.25, 0.3) is 16.3 Å². The number of nitrogens with zero attached hydrogens (tertiary/aromatic N) is 2. The zero-order valence-electron chi connectivity index (χ0n) is 17.6. The number of rotatable bonds is 3. The molecule has 2 saturated heterocycles. The first-order valence-electron chi connectivity index (χ1n) is 10.4. The molecular formula is C25H21ClFN3O2S. The van der Waals surface area contributed by atoms with Crippen molar-refractivity contribution in [2.75, 3.05) is 26.2 Å². The number of allylic oxidation sites excluding steroid dienone is 5. The van der Waals surface area contributed by atoms with Crippen LogP contribution in [0.15, 0.2) is 76.6 Å². The maximum Gasteiger partial charge on any atom is 0.245 e. The van der Waals surface area contributed by atoms with Crippen molar-refractivity contribution in [2.45, 2.75) is 0 Å². The molecule has 1 spiro atoms. The smallest absolute Gasteiger partial charge is 0.245 e. The number of benzene rings is 2. The van der Waals surface area contributed by atoms with Crippen LogP contribution < -0.4 is 0 Å². The number of phenolic OH excluding ortho intramolecular Hbond substituents is 1. The summed E-state index contributed by atoms with van der Waals surface area (Å²) < 4.78 is 15.5. The van der Waals surface area contributed by atoms with Crippen molar-refractivity contribution in [1.29, 1.82) is 5.41 Å². The number of hydrogen-bond acceptors (Lipinski definition) is 5. The van der Waals surface area contributed by atoms with Crippen molar-refractivity contribution >= 4 is 52.2 Å². The number of carbonyl (C=O) groups excluding carboxylic acids is 1. The third kappa shape index (κ3) is 3.47. The second kappa shape index (κ2) is 7.78. The van der Waals surface area contributed by atoms with Gasteiger partial charge < -0.3 is 14.9 Å². The number of nitrogens with one attached hydrogen (secondary N) is 1. The van der Waals surface area contributed by atoms with Gasteiger partial charge in [0.1, 0.15) is 11.5 Å². The molecule has 2 aromatic rings. The van der Waals surface area contributed by atoms with Crippen molar-refractivity contribution < 1.29 is 14.3 Å². The third-order valence-electron chi connectivity index (χ3n) is 6.47. The molecule has 2 N–H and O–H groups in total. The topological polar surface area (TPSA) is 67.6 Å². The molecule has 5 rings (SSSR count). The van der Waals surface area contributed by atoms with E-state index in [1.54, 1.807) is 17.0 Å². The Labute approximate surface area is 201 Å². The first-order valence-corrected chi connectivity index (χ1v) is 11.2. The van der Waals surface area contributed by atoms with E-state index in [0.29, 0.717) is 42.3 Å². The molecule has 1 aliphatic carbocycles. The summed E-state index contributed by atoms with van der Waals surface area (Å²) in [4.78, 5) is 15.4. The molecule has 2 aliphatic heterocycles. The zero-order valence-corrected chi connectivity index (χ0v) is 19.3. The second-order valence-corrected chi connectivity index (χ2v) is 9.59. The summed E-state index contributed by atoms with van der Waals surface area (Å²) in [6.07, 6.45) is 2.87. The van der Waals surface area contributed by atoms with Gasteiger partial charge >= 0.3 is 0 Å². The van der Waals surface area contributed by atoms with Crippen molar-refractivity contribution in [1.82, 2.24) is 9.80 Å². The SMILES string of the molecule is C=CC(=O)N1CC2(C1)CN(/C(S)=C1\C=C(Cl)C(c3cc(O)cc4ccccc34)=C(F)C1=N)C2. The van der Waals surface area contributed by atoms with Crippen molar-refractivity contribution in [3.05, 3.63) is 82.2 Å². The lowest BCUT2D eigenvalue weighted by atomic mass is 9.73. The average molecular weight is 482 g/mol. The molecule has 0 aromatic heterocycles. The van der Waals surface area contributed by atoms with Gasteiger partial charge in [0.05, 0.1) is 10.1 Å². The molecule has 2 heterocycles. The monoisotopic (exact) mass is 481 g/mol. The summed E-state index contributed by atoms with van der Waals surface area (Å²) in [5.74, 6) is -0.848. The summed E-state index contributed by atoms with van der Waals surface area (Å²) in [7, 11) is 0. The number of amides is 1. The molecule has 0 unspecified atom stereocenters. The number of fused-ring (bicyclic) bond motifs is 1. The van der Waals surface area contributed by atoms with E-state index in [9.17, 15) is 9.90 Å². The Morgan fingerprint density at radius 3 is 2.58 bits per heavy atom. The fraction of sp³-hybridized carbons (Fsp3) is 0.200. The van der Waals surface area contributed by atoms with Crippen LogP contribution in [0.1, 0.15) is 5.56 Å². The molecule has 2 fully saturated rings. The fourth-order valence-electron chi connectivity index (χ4n) is 4.88. The van der Waals surface area contributed by atoms with Crippen LogP contribution in [-0.2, 0) is 4.79 Å². The van der Waals surface area contributed by atoms with Gasteiger partial charge in [-0.3, -0.25) is 10.2 Å². The Morgan fingerprint density at radius 1 is 1.21 bits per heavy atom. The van der Waals surface area contributed by atoms with Gasteiger partial charge in [-0.2, -0.15) is 0 Å². The minimum absolute atomic E-state index is 0.00780. The minimum Gasteiger partial charge on any atom is -0.508 e. The molecule has 168 valence electrons. The molecule has 0 bridgehead atoms. The van der Waals surface area contributed by atoms with E-state index in [-0.39, 0.29) is 33.4 Å². The van der Waals surface area contributed by atoms with E-state index in [2.05, 4.69) is 19.2 Å². The van der Waals surface area contributed by atoms with Crippen LogP contribution in [0.5, 0.6) is 5.75 Å². The molecule has 5 nitrogen and oxygen atoms in total. The molecule has 0 atom stereocenters. The second-order valence-electron chi connectivity index (χ2n) is 8.76. The molecule has 8 heteroatoms. The summed E-state index contributed by atoms with van der Waals surface area (Å²) >= 11 is 11.1. The van der Waals surface area contributed by atoms with Gasteiger partial charge in [-0.25, -0.2) is 4.39 Å². The van der Waals surface area contributed by atoms with Crippen LogP contribution in [0.4, 0.5) is 4.39 Å². The highest BCUT2D eigenvalue weighted by Crippen LogP contribution is 2.45. The largest absolute Gasteiger partial charge is 0.508 e. The van der Waals surface area contributed by atoms with E-state index in [1.807, 2.05) is 29.2 Å². The van der Waals surface area contributed by atoms with E-state index >= 15 is 4.39 Å². The maximum absolute atomic E-state index is 15.5. The highest BCUT2D eigenvalue weighted by Gasteiger charge is 2.53. The van der Waals surface area contributed by atoms with Gasteiger partial charge in [0.25, 0.3) is 0 Å². The summed E-state index contributed by atoms with van der Waals surface area (Å²) in [5, 5.41) is 20.7. The van der Waals surface area contributed by atoms with Gasteiger partial charge in [0.2, 0.25) is 5.91 Å². The first kappa shape index (κ1) is 21.8. The van der Waals surface area contributed by atoms with Gasteiger partial charge in [-0.05, 0) is 40.6 Å². The van der Waals surface area contributed by atoms with Crippen molar-refractivity contribution in [3.8, 4) is 5.75 Å². The normalized spacial score (nSPS) is 21.1. The van der Waals surface area contributed by atoms with E-state index in [1.165, 1.54) is 12.1 Å². The lowest BCUT2D eigenvalue weighted by Crippen LogP contribution is -2.72. The van der Waals surface area contributed by atoms with E-state index in [0.717, 1.165) is 10.8 Å². The van der Waals surface area contributed by atoms with Gasteiger partial charge in [0.15, 0.2) is 5.83 Å². The van der Waals surface area contributed by atoms with Crippen LogP contribution in [0.2, 0.25) is 0 Å². The number of thiol groups is 1. The molecule has 0 saturated carbocycles. The summed E-state index contributed by atoms with van der Waals surface area (Å²) in [6.45, 7) is 6.17. The molecule has 0 radical (unpaired) electrons. The third-order valence-corrected chi connectivity index (χ3v) is 7.29. The predicted molar refractivity (Wildman–Crippen MR) is 132 cm³/mol. The first-order chi connectivity index (χ1) is 15.7. The Hall–Kier alpha value is -3.03. The van der Waals surface area contributed by atoms with E-state index < -0.39 is 5.83 Å². The van der Waals surface area contributed by atoms with Crippen molar-refractivity contribution in [2.24, 2.45) is 5.41 Å². The van der Waals surface area contributed by atoms with E-state index in [4.69, 9.17) is 17.0 Å². The number of aromatic hydroxyl groups is 1. The number of phenols is 1. The maximum atomic E-state index is 15.5.